The fourth-order valence-corrected chi connectivity index (χ4v) is 2.39. The van der Waals surface area contributed by atoms with Crippen LogP contribution < -0.4 is 0 Å². The van der Waals surface area contributed by atoms with Crippen molar-refractivity contribution in [1.82, 2.24) is 0 Å². The molecule has 0 aromatic heterocycles. The summed E-state index contributed by atoms with van der Waals surface area (Å²) in [4.78, 5) is 0. The Hall–Kier alpha value is -0.200. The Bertz CT molecular complexity index is 230. The Morgan fingerprint density at radius 3 is 2.00 bits per heavy atom. The van der Waals surface area contributed by atoms with Gasteiger partial charge in [0.15, 0.2) is 5.79 Å². The second kappa shape index (κ2) is 3.40. The van der Waals surface area contributed by atoms with Crippen LogP contribution in [0.2, 0.25) is 0 Å². The van der Waals surface area contributed by atoms with Gasteiger partial charge in [0.05, 0.1) is 12.2 Å². The topological polar surface area (TPSA) is 79.2 Å². The molecule has 5 nitrogen and oxygen atoms in total. The second-order valence-electron chi connectivity index (χ2n) is 4.90. The Kier molecular flexibility index (Phi) is 2.56. The molecule has 5 heteroatoms. The monoisotopic (exact) mass is 218 g/mol. The quantitative estimate of drug-likeness (QED) is 0.498. The Balaban J connectivity index is 2.23. The third kappa shape index (κ3) is 1.68. The summed E-state index contributed by atoms with van der Waals surface area (Å²) in [6.45, 7) is 5.29. The van der Waals surface area contributed by atoms with Crippen molar-refractivity contribution in [3.63, 3.8) is 0 Å². The average molecular weight is 218 g/mol. The molecule has 0 aromatic rings. The van der Waals surface area contributed by atoms with Crippen LogP contribution in [0, 0.1) is 5.92 Å². The minimum absolute atomic E-state index is 0.254. The summed E-state index contributed by atoms with van der Waals surface area (Å²) in [7, 11) is 0. The minimum atomic E-state index is -1.17. The van der Waals surface area contributed by atoms with Crippen molar-refractivity contribution in [2.24, 2.45) is 5.92 Å². The summed E-state index contributed by atoms with van der Waals surface area (Å²) in [5, 5.41) is 29.0. The smallest absolute Gasteiger partial charge is 0.163 e. The van der Waals surface area contributed by atoms with Gasteiger partial charge in [-0.2, -0.15) is 0 Å². The molecular formula is C10H18O5. The molecule has 3 N–H and O–H groups in total. The standard InChI is InChI=1S/C10H18O5/c1-4-5(11)6(12)7(13)9-8(4)14-10(2,3)15-9/h4-9,11-13H,1-3H3/t4-,5+,6+,7+,8-,9+/m1/s1. The van der Waals surface area contributed by atoms with Crippen molar-refractivity contribution < 1.29 is 24.8 Å². The molecule has 88 valence electrons. The molecular weight excluding hydrogens is 200 g/mol. The molecule has 0 radical (unpaired) electrons. The third-order valence-corrected chi connectivity index (χ3v) is 3.26. The fraction of sp³-hybridized carbons (Fsp3) is 1.00. The molecule has 0 unspecified atom stereocenters. The highest BCUT2D eigenvalue weighted by atomic mass is 16.8. The molecule has 6 atom stereocenters. The molecule has 2 rings (SSSR count). The summed E-state index contributed by atoms with van der Waals surface area (Å²) in [6, 6.07) is 0. The first kappa shape index (κ1) is 11.3. The van der Waals surface area contributed by atoms with E-state index in [1.807, 2.05) is 0 Å². The van der Waals surface area contributed by atoms with Crippen molar-refractivity contribution in [3.05, 3.63) is 0 Å². The molecule has 1 saturated carbocycles. The largest absolute Gasteiger partial charge is 0.390 e. The van der Waals surface area contributed by atoms with Gasteiger partial charge in [-0.05, 0) is 13.8 Å². The van der Waals surface area contributed by atoms with Crippen LogP contribution in [0.1, 0.15) is 20.8 Å². The van der Waals surface area contributed by atoms with Gasteiger partial charge in [-0.3, -0.25) is 0 Å². The lowest BCUT2D eigenvalue weighted by molar-refractivity contribution is -0.171. The number of aliphatic hydroxyl groups is 3. The molecule has 1 heterocycles. The van der Waals surface area contributed by atoms with Gasteiger partial charge in [-0.15, -0.1) is 0 Å². The Morgan fingerprint density at radius 1 is 0.867 bits per heavy atom. The van der Waals surface area contributed by atoms with Crippen LogP contribution in [0.25, 0.3) is 0 Å². The molecule has 0 aromatic carbocycles. The van der Waals surface area contributed by atoms with Crippen LogP contribution in [-0.4, -0.2) is 51.6 Å². The van der Waals surface area contributed by atoms with Gasteiger partial charge in [0.2, 0.25) is 0 Å². The van der Waals surface area contributed by atoms with Crippen LogP contribution in [0.5, 0.6) is 0 Å². The zero-order valence-corrected chi connectivity index (χ0v) is 9.12. The maximum atomic E-state index is 9.75. The average Bonchev–Trinajstić information content (AvgIpc) is 2.48. The van der Waals surface area contributed by atoms with Gasteiger partial charge in [-0.1, -0.05) is 6.92 Å². The van der Waals surface area contributed by atoms with Crippen LogP contribution in [0.4, 0.5) is 0 Å². The molecule has 2 aliphatic rings. The highest BCUT2D eigenvalue weighted by Crippen LogP contribution is 2.39. The summed E-state index contributed by atoms with van der Waals surface area (Å²) in [6.07, 6.45) is -4.16. The summed E-state index contributed by atoms with van der Waals surface area (Å²) in [5.41, 5.74) is 0. The van der Waals surface area contributed by atoms with Gasteiger partial charge in [0.25, 0.3) is 0 Å². The van der Waals surface area contributed by atoms with E-state index in [1.165, 1.54) is 0 Å². The number of fused-ring (bicyclic) bond motifs is 1. The Labute approximate surface area is 88.6 Å². The molecule has 1 saturated heterocycles. The fourth-order valence-electron chi connectivity index (χ4n) is 2.39. The molecule has 1 aliphatic heterocycles. The van der Waals surface area contributed by atoms with Crippen LogP contribution >= 0.6 is 0 Å². The van der Waals surface area contributed by atoms with Crippen LogP contribution in [0.15, 0.2) is 0 Å². The number of rotatable bonds is 0. The minimum Gasteiger partial charge on any atom is -0.390 e. The van der Waals surface area contributed by atoms with Crippen molar-refractivity contribution >= 4 is 0 Å². The van der Waals surface area contributed by atoms with Crippen molar-refractivity contribution in [1.29, 1.82) is 0 Å². The zero-order valence-electron chi connectivity index (χ0n) is 9.12. The zero-order chi connectivity index (χ0) is 11.4. The van der Waals surface area contributed by atoms with E-state index in [0.717, 1.165) is 0 Å². The van der Waals surface area contributed by atoms with Gasteiger partial charge in [0, 0.05) is 5.92 Å². The molecule has 1 aliphatic carbocycles. The summed E-state index contributed by atoms with van der Waals surface area (Å²) < 4.78 is 11.1. The highest BCUT2D eigenvalue weighted by molar-refractivity contribution is 5.01. The molecule has 0 spiro atoms. The third-order valence-electron chi connectivity index (χ3n) is 3.26. The van der Waals surface area contributed by atoms with Crippen molar-refractivity contribution in [2.45, 2.75) is 57.1 Å². The van der Waals surface area contributed by atoms with Gasteiger partial charge in [-0.25, -0.2) is 0 Å². The SMILES string of the molecule is C[C@@H]1[C@H](O)[C@H](O)[C@H](O)[C@@H]2OC(C)(C)O[C@H]12. The van der Waals surface area contributed by atoms with E-state index in [1.54, 1.807) is 20.8 Å². The lowest BCUT2D eigenvalue weighted by Gasteiger charge is -2.39. The molecule has 2 fully saturated rings. The molecule has 15 heavy (non-hydrogen) atoms. The first-order valence-electron chi connectivity index (χ1n) is 5.23. The van der Waals surface area contributed by atoms with E-state index in [-0.39, 0.29) is 12.0 Å². The molecule has 0 bridgehead atoms. The first-order valence-corrected chi connectivity index (χ1v) is 5.23. The van der Waals surface area contributed by atoms with Crippen molar-refractivity contribution in [3.8, 4) is 0 Å². The van der Waals surface area contributed by atoms with Gasteiger partial charge >= 0.3 is 0 Å². The van der Waals surface area contributed by atoms with Gasteiger partial charge in [0.1, 0.15) is 18.3 Å². The Morgan fingerprint density at radius 2 is 1.40 bits per heavy atom. The maximum absolute atomic E-state index is 9.75. The lowest BCUT2D eigenvalue weighted by atomic mass is 9.80. The number of hydrogen-bond acceptors (Lipinski definition) is 5. The van der Waals surface area contributed by atoms with E-state index < -0.39 is 30.2 Å². The predicted molar refractivity (Wildman–Crippen MR) is 51.0 cm³/mol. The van der Waals surface area contributed by atoms with Crippen LogP contribution in [-0.2, 0) is 9.47 Å². The first-order chi connectivity index (χ1) is 6.83. The highest BCUT2D eigenvalue weighted by Gasteiger charge is 2.55. The maximum Gasteiger partial charge on any atom is 0.163 e. The van der Waals surface area contributed by atoms with E-state index >= 15 is 0 Å². The van der Waals surface area contributed by atoms with E-state index in [4.69, 9.17) is 9.47 Å². The van der Waals surface area contributed by atoms with E-state index in [0.29, 0.717) is 0 Å². The number of ether oxygens (including phenoxy) is 2. The van der Waals surface area contributed by atoms with E-state index in [9.17, 15) is 15.3 Å². The lowest BCUT2D eigenvalue weighted by Crippen LogP contribution is -2.59. The van der Waals surface area contributed by atoms with Gasteiger partial charge < -0.3 is 24.8 Å². The van der Waals surface area contributed by atoms with Crippen molar-refractivity contribution in [2.75, 3.05) is 0 Å². The number of aliphatic hydroxyl groups excluding tert-OH is 3. The summed E-state index contributed by atoms with van der Waals surface area (Å²) in [5.74, 6) is -1.02. The number of hydrogen-bond donors (Lipinski definition) is 3. The normalized spacial score (nSPS) is 54.0. The van der Waals surface area contributed by atoms with Crippen LogP contribution in [0.3, 0.4) is 0 Å². The molecule has 0 amide bonds. The predicted octanol–water partition coefficient (Wildman–Crippen LogP) is -0.761. The van der Waals surface area contributed by atoms with E-state index in [2.05, 4.69) is 0 Å². The summed E-state index contributed by atoms with van der Waals surface area (Å²) >= 11 is 0. The second-order valence-corrected chi connectivity index (χ2v) is 4.90.